The van der Waals surface area contributed by atoms with Crippen molar-refractivity contribution in [2.45, 2.75) is 17.7 Å². The lowest BCUT2D eigenvalue weighted by Crippen LogP contribution is -2.57. The van der Waals surface area contributed by atoms with Gasteiger partial charge in [0, 0.05) is 50.6 Å². The van der Waals surface area contributed by atoms with E-state index >= 15 is 0 Å². The van der Waals surface area contributed by atoms with Gasteiger partial charge in [-0.2, -0.15) is 0 Å². The summed E-state index contributed by atoms with van der Waals surface area (Å²) < 4.78 is 0. The lowest BCUT2D eigenvalue weighted by Gasteiger charge is -2.40. The molecule has 3 aliphatic heterocycles. The van der Waals surface area contributed by atoms with Crippen molar-refractivity contribution in [3.8, 4) is 0 Å². The van der Waals surface area contributed by atoms with Crippen LogP contribution in [0.3, 0.4) is 0 Å². The van der Waals surface area contributed by atoms with Crippen molar-refractivity contribution in [3.63, 3.8) is 0 Å². The summed E-state index contributed by atoms with van der Waals surface area (Å²) in [6, 6.07) is 10.3. The highest BCUT2D eigenvalue weighted by atomic mass is 32.2. The van der Waals surface area contributed by atoms with Crippen molar-refractivity contribution in [2.24, 2.45) is 0 Å². The number of rotatable bonds is 2. The minimum absolute atomic E-state index is 0.145. The SMILES string of the molecule is O=C1CC[C@@]2(C(=O)N3CCN(c4ccccc4)CC3)SCCN12. The van der Waals surface area contributed by atoms with Gasteiger partial charge in [-0.3, -0.25) is 9.59 Å². The summed E-state index contributed by atoms with van der Waals surface area (Å²) in [5, 5.41) is 0. The molecule has 1 atom stereocenters. The highest BCUT2D eigenvalue weighted by molar-refractivity contribution is 8.01. The Labute approximate surface area is 140 Å². The van der Waals surface area contributed by atoms with Crippen LogP contribution in [0, 0.1) is 0 Å². The third kappa shape index (κ3) is 2.40. The first kappa shape index (κ1) is 14.9. The fourth-order valence-corrected chi connectivity index (χ4v) is 5.31. The number of hydrogen-bond acceptors (Lipinski definition) is 4. The van der Waals surface area contributed by atoms with E-state index in [4.69, 9.17) is 0 Å². The van der Waals surface area contributed by atoms with Gasteiger partial charge in [0.25, 0.3) is 5.91 Å². The maximum Gasteiger partial charge on any atom is 0.259 e. The number of carbonyl (C=O) groups is 2. The van der Waals surface area contributed by atoms with Crippen LogP contribution in [-0.2, 0) is 9.59 Å². The molecule has 2 amide bonds. The summed E-state index contributed by atoms with van der Waals surface area (Å²) in [7, 11) is 0. The van der Waals surface area contributed by atoms with Crippen LogP contribution in [-0.4, -0.2) is 65.0 Å². The van der Waals surface area contributed by atoms with E-state index in [-0.39, 0.29) is 11.8 Å². The first-order valence-corrected chi connectivity index (χ1v) is 9.23. The average molecular weight is 331 g/mol. The predicted octanol–water partition coefficient (Wildman–Crippen LogP) is 1.40. The maximum absolute atomic E-state index is 13.1. The van der Waals surface area contributed by atoms with Gasteiger partial charge in [0.15, 0.2) is 4.87 Å². The summed E-state index contributed by atoms with van der Waals surface area (Å²) in [5.74, 6) is 1.17. The average Bonchev–Trinajstić information content (AvgIpc) is 3.17. The molecule has 1 aromatic carbocycles. The zero-order chi connectivity index (χ0) is 15.9. The molecule has 23 heavy (non-hydrogen) atoms. The molecule has 0 saturated carbocycles. The van der Waals surface area contributed by atoms with Crippen molar-refractivity contribution in [2.75, 3.05) is 43.4 Å². The molecular weight excluding hydrogens is 310 g/mol. The lowest BCUT2D eigenvalue weighted by atomic mass is 10.1. The molecule has 0 bridgehead atoms. The molecule has 0 unspecified atom stereocenters. The van der Waals surface area contributed by atoms with Gasteiger partial charge in [0.05, 0.1) is 0 Å². The normalized spacial score (nSPS) is 27.5. The Balaban J connectivity index is 1.44. The van der Waals surface area contributed by atoms with Crippen molar-refractivity contribution < 1.29 is 9.59 Å². The highest BCUT2D eigenvalue weighted by Crippen LogP contribution is 2.46. The predicted molar refractivity (Wildman–Crippen MR) is 91.4 cm³/mol. The molecule has 5 nitrogen and oxygen atoms in total. The van der Waals surface area contributed by atoms with Gasteiger partial charge in [-0.05, 0) is 18.6 Å². The monoisotopic (exact) mass is 331 g/mol. The summed E-state index contributed by atoms with van der Waals surface area (Å²) in [5.41, 5.74) is 1.21. The van der Waals surface area contributed by atoms with Gasteiger partial charge < -0.3 is 14.7 Å². The smallest absolute Gasteiger partial charge is 0.259 e. The van der Waals surface area contributed by atoms with Crippen LogP contribution in [0.2, 0.25) is 0 Å². The Morgan fingerprint density at radius 2 is 1.78 bits per heavy atom. The maximum atomic E-state index is 13.1. The molecule has 3 aliphatic rings. The topological polar surface area (TPSA) is 43.9 Å². The van der Waals surface area contributed by atoms with Gasteiger partial charge in [0.1, 0.15) is 0 Å². The van der Waals surface area contributed by atoms with Crippen LogP contribution >= 0.6 is 11.8 Å². The van der Waals surface area contributed by atoms with E-state index in [0.717, 1.165) is 38.5 Å². The number of anilines is 1. The number of fused-ring (bicyclic) bond motifs is 1. The first-order chi connectivity index (χ1) is 11.2. The van der Waals surface area contributed by atoms with Crippen LogP contribution < -0.4 is 4.90 Å². The molecule has 122 valence electrons. The van der Waals surface area contributed by atoms with Crippen molar-refractivity contribution in [1.82, 2.24) is 9.80 Å². The van der Waals surface area contributed by atoms with E-state index in [2.05, 4.69) is 17.0 Å². The molecule has 4 rings (SSSR count). The largest absolute Gasteiger partial charge is 0.368 e. The highest BCUT2D eigenvalue weighted by Gasteiger charge is 2.56. The standard InChI is InChI=1S/C17H21N3O2S/c21-15-6-7-17(20(15)12-13-23-17)16(22)19-10-8-18(9-11-19)14-4-2-1-3-5-14/h1-5H,6-13H2/t17-/m0/s1. The second kappa shape index (κ2) is 5.74. The zero-order valence-electron chi connectivity index (χ0n) is 13.1. The number of nitrogens with zero attached hydrogens (tertiary/aromatic N) is 3. The first-order valence-electron chi connectivity index (χ1n) is 8.24. The second-order valence-electron chi connectivity index (χ2n) is 6.29. The number of para-hydroxylation sites is 1. The summed E-state index contributed by atoms with van der Waals surface area (Å²) in [6.45, 7) is 3.89. The molecule has 0 N–H and O–H groups in total. The van der Waals surface area contributed by atoms with Crippen molar-refractivity contribution in [1.29, 1.82) is 0 Å². The van der Waals surface area contributed by atoms with E-state index in [1.807, 2.05) is 28.0 Å². The van der Waals surface area contributed by atoms with Crippen LogP contribution in [0.25, 0.3) is 0 Å². The van der Waals surface area contributed by atoms with E-state index in [9.17, 15) is 9.59 Å². The molecule has 0 spiro atoms. The van der Waals surface area contributed by atoms with E-state index in [1.165, 1.54) is 5.69 Å². The number of piperazine rings is 1. The summed E-state index contributed by atoms with van der Waals surface area (Å²) >= 11 is 1.66. The van der Waals surface area contributed by atoms with Crippen LogP contribution in [0.1, 0.15) is 12.8 Å². The number of thioether (sulfide) groups is 1. The Bertz CT molecular complexity index is 616. The second-order valence-corrected chi connectivity index (χ2v) is 7.67. The molecule has 0 aliphatic carbocycles. The number of benzene rings is 1. The molecule has 3 saturated heterocycles. The van der Waals surface area contributed by atoms with Gasteiger partial charge in [-0.15, -0.1) is 11.8 Å². The Kier molecular flexibility index (Phi) is 3.71. The zero-order valence-corrected chi connectivity index (χ0v) is 13.9. The fourth-order valence-electron chi connectivity index (χ4n) is 3.85. The fraction of sp³-hybridized carbons (Fsp3) is 0.529. The van der Waals surface area contributed by atoms with Gasteiger partial charge in [-0.25, -0.2) is 0 Å². The van der Waals surface area contributed by atoms with Crippen LogP contribution in [0.5, 0.6) is 0 Å². The molecule has 0 aromatic heterocycles. The molecule has 3 heterocycles. The Hall–Kier alpha value is -1.69. The Morgan fingerprint density at radius 3 is 2.52 bits per heavy atom. The number of amides is 2. The molecule has 0 radical (unpaired) electrons. The summed E-state index contributed by atoms with van der Waals surface area (Å²) in [4.78, 5) is 30.6. The third-order valence-electron chi connectivity index (χ3n) is 5.09. The van der Waals surface area contributed by atoms with Gasteiger partial charge >= 0.3 is 0 Å². The number of carbonyl (C=O) groups excluding carboxylic acids is 2. The van der Waals surface area contributed by atoms with Crippen molar-refractivity contribution in [3.05, 3.63) is 30.3 Å². The van der Waals surface area contributed by atoms with E-state index in [1.54, 1.807) is 11.8 Å². The molecular formula is C17H21N3O2S. The lowest BCUT2D eigenvalue weighted by molar-refractivity contribution is -0.142. The molecule has 6 heteroatoms. The van der Waals surface area contributed by atoms with Gasteiger partial charge in [-0.1, -0.05) is 18.2 Å². The minimum Gasteiger partial charge on any atom is -0.368 e. The quantitative estimate of drug-likeness (QED) is 0.822. The van der Waals surface area contributed by atoms with E-state index in [0.29, 0.717) is 12.8 Å². The third-order valence-corrected chi connectivity index (χ3v) is 6.56. The van der Waals surface area contributed by atoms with Gasteiger partial charge in [0.2, 0.25) is 5.91 Å². The number of hydrogen-bond donors (Lipinski definition) is 0. The minimum atomic E-state index is -0.591. The molecule has 1 aromatic rings. The molecule has 3 fully saturated rings. The van der Waals surface area contributed by atoms with Crippen LogP contribution in [0.4, 0.5) is 5.69 Å². The Morgan fingerprint density at radius 1 is 1.04 bits per heavy atom. The van der Waals surface area contributed by atoms with Crippen LogP contribution in [0.15, 0.2) is 30.3 Å². The van der Waals surface area contributed by atoms with Crippen molar-refractivity contribution >= 4 is 29.3 Å². The van der Waals surface area contributed by atoms with E-state index < -0.39 is 4.87 Å². The summed E-state index contributed by atoms with van der Waals surface area (Å²) in [6.07, 6.45) is 1.19.